The van der Waals surface area contributed by atoms with E-state index in [1.165, 1.54) is 0 Å². The van der Waals surface area contributed by atoms with Crippen molar-refractivity contribution in [2.24, 2.45) is 0 Å². The summed E-state index contributed by atoms with van der Waals surface area (Å²) in [6.45, 7) is 2.86. The first-order chi connectivity index (χ1) is 7.18. The van der Waals surface area contributed by atoms with Gasteiger partial charge in [0, 0.05) is 5.56 Å². The molecule has 0 amide bonds. The second-order valence-corrected chi connectivity index (χ2v) is 3.46. The average Bonchev–Trinajstić information content (AvgIpc) is 2.22. The van der Waals surface area contributed by atoms with E-state index in [0.717, 1.165) is 5.56 Å². The van der Waals surface area contributed by atoms with E-state index in [1.807, 2.05) is 19.1 Å². The van der Waals surface area contributed by atoms with Gasteiger partial charge in [-0.25, -0.2) is 0 Å². The van der Waals surface area contributed by atoms with Gasteiger partial charge in [0.15, 0.2) is 11.5 Å². The fraction of sp³-hybridized carbons (Fsp3) is 0.364. The molecule has 0 aromatic heterocycles. The van der Waals surface area contributed by atoms with Gasteiger partial charge in [-0.2, -0.15) is 0 Å². The van der Waals surface area contributed by atoms with Crippen LogP contribution in [0.4, 0.5) is 0 Å². The molecule has 0 saturated carbocycles. The Morgan fingerprint density at radius 3 is 2.87 bits per heavy atom. The Morgan fingerprint density at radius 1 is 1.40 bits per heavy atom. The second kappa shape index (κ2) is 3.81. The van der Waals surface area contributed by atoms with Crippen LogP contribution in [0, 0.1) is 6.92 Å². The van der Waals surface area contributed by atoms with Crippen molar-refractivity contribution in [1.82, 2.24) is 0 Å². The molecular weight excluding hydrogens is 196 g/mol. The maximum absolute atomic E-state index is 10.7. The van der Waals surface area contributed by atoms with E-state index in [-0.39, 0.29) is 6.42 Å². The molecule has 1 aliphatic rings. The number of carbonyl (C=O) groups is 1. The first-order valence-electron chi connectivity index (χ1n) is 4.78. The van der Waals surface area contributed by atoms with Gasteiger partial charge in [0.1, 0.15) is 13.2 Å². The Balaban J connectivity index is 2.45. The number of ether oxygens (including phenoxy) is 2. The van der Waals surface area contributed by atoms with Gasteiger partial charge in [0.05, 0.1) is 6.42 Å². The molecule has 0 bridgehead atoms. The van der Waals surface area contributed by atoms with Crippen LogP contribution < -0.4 is 9.47 Å². The molecular formula is C11H12O4. The van der Waals surface area contributed by atoms with E-state index < -0.39 is 5.97 Å². The topological polar surface area (TPSA) is 55.8 Å². The van der Waals surface area contributed by atoms with E-state index in [4.69, 9.17) is 14.6 Å². The maximum atomic E-state index is 10.7. The van der Waals surface area contributed by atoms with E-state index in [1.54, 1.807) is 0 Å². The van der Waals surface area contributed by atoms with Crippen LogP contribution in [-0.2, 0) is 11.2 Å². The maximum Gasteiger partial charge on any atom is 0.307 e. The average molecular weight is 208 g/mol. The Morgan fingerprint density at radius 2 is 2.13 bits per heavy atom. The molecule has 4 heteroatoms. The lowest BCUT2D eigenvalue weighted by Crippen LogP contribution is -2.18. The Kier molecular flexibility index (Phi) is 2.49. The minimum atomic E-state index is -0.860. The number of carboxylic acids is 1. The van der Waals surface area contributed by atoms with E-state index in [9.17, 15) is 4.79 Å². The summed E-state index contributed by atoms with van der Waals surface area (Å²) in [5.41, 5.74) is 1.63. The van der Waals surface area contributed by atoms with Gasteiger partial charge in [-0.05, 0) is 18.6 Å². The lowest BCUT2D eigenvalue weighted by atomic mass is 10.0. The molecule has 15 heavy (non-hydrogen) atoms. The molecule has 80 valence electrons. The third kappa shape index (κ3) is 1.88. The molecule has 1 aromatic carbocycles. The third-order valence-corrected chi connectivity index (χ3v) is 2.37. The Hall–Kier alpha value is -1.71. The molecule has 0 saturated heterocycles. The summed E-state index contributed by atoms with van der Waals surface area (Å²) in [4.78, 5) is 10.7. The number of fused-ring (bicyclic) bond motifs is 1. The molecule has 1 aromatic rings. The molecule has 0 fully saturated rings. The van der Waals surface area contributed by atoms with Crippen LogP contribution in [0.5, 0.6) is 11.5 Å². The second-order valence-electron chi connectivity index (χ2n) is 3.46. The molecule has 4 nitrogen and oxygen atoms in total. The highest BCUT2D eigenvalue weighted by Gasteiger charge is 2.19. The largest absolute Gasteiger partial charge is 0.486 e. The van der Waals surface area contributed by atoms with Gasteiger partial charge in [0.25, 0.3) is 0 Å². The number of hydrogen-bond acceptors (Lipinski definition) is 3. The Labute approximate surface area is 87.4 Å². The van der Waals surface area contributed by atoms with Gasteiger partial charge >= 0.3 is 5.97 Å². The molecule has 2 rings (SSSR count). The van der Waals surface area contributed by atoms with Crippen LogP contribution in [0.1, 0.15) is 11.1 Å². The molecule has 0 atom stereocenters. The highest BCUT2D eigenvalue weighted by Crippen LogP contribution is 2.35. The molecule has 0 radical (unpaired) electrons. The van der Waals surface area contributed by atoms with Gasteiger partial charge in [-0.1, -0.05) is 6.07 Å². The smallest absolute Gasteiger partial charge is 0.307 e. The van der Waals surface area contributed by atoms with Crippen molar-refractivity contribution in [2.75, 3.05) is 13.2 Å². The van der Waals surface area contributed by atoms with Crippen molar-refractivity contribution in [2.45, 2.75) is 13.3 Å². The predicted molar refractivity (Wildman–Crippen MR) is 53.5 cm³/mol. The monoisotopic (exact) mass is 208 g/mol. The summed E-state index contributed by atoms with van der Waals surface area (Å²) in [6.07, 6.45) is -0.0294. The van der Waals surface area contributed by atoms with E-state index in [2.05, 4.69) is 0 Å². The molecule has 1 heterocycles. The summed E-state index contributed by atoms with van der Waals surface area (Å²) in [5.74, 6) is 0.368. The predicted octanol–water partition coefficient (Wildman–Crippen LogP) is 1.39. The van der Waals surface area contributed by atoms with Crippen molar-refractivity contribution in [3.63, 3.8) is 0 Å². The van der Waals surface area contributed by atoms with Crippen molar-refractivity contribution < 1.29 is 19.4 Å². The lowest BCUT2D eigenvalue weighted by Gasteiger charge is -2.21. The number of aryl methyl sites for hydroxylation is 1. The SMILES string of the molecule is Cc1ccc2c(c1CC(=O)O)OCCO2. The molecule has 0 unspecified atom stereocenters. The normalized spacial score (nSPS) is 13.7. The summed E-state index contributed by atoms with van der Waals surface area (Å²) >= 11 is 0. The van der Waals surface area contributed by atoms with Crippen LogP contribution >= 0.6 is 0 Å². The first-order valence-corrected chi connectivity index (χ1v) is 4.78. The standard InChI is InChI=1S/C11H12O4/c1-7-2-3-9-11(15-5-4-14-9)8(7)6-10(12)13/h2-3H,4-6H2,1H3,(H,12,13). The number of carboxylic acid groups (broad SMARTS) is 1. The third-order valence-electron chi connectivity index (χ3n) is 2.37. The zero-order chi connectivity index (χ0) is 10.8. The van der Waals surface area contributed by atoms with Crippen LogP contribution in [0.2, 0.25) is 0 Å². The summed E-state index contributed by atoms with van der Waals surface area (Å²) in [6, 6.07) is 3.67. The van der Waals surface area contributed by atoms with Crippen LogP contribution in [0.3, 0.4) is 0 Å². The van der Waals surface area contributed by atoms with Crippen LogP contribution in [0.15, 0.2) is 12.1 Å². The number of benzene rings is 1. The highest BCUT2D eigenvalue weighted by atomic mass is 16.6. The minimum absolute atomic E-state index is 0.0294. The fourth-order valence-electron chi connectivity index (χ4n) is 1.64. The molecule has 1 N–H and O–H groups in total. The highest BCUT2D eigenvalue weighted by molar-refractivity contribution is 5.73. The Bertz CT molecular complexity index is 398. The zero-order valence-electron chi connectivity index (χ0n) is 8.45. The fourth-order valence-corrected chi connectivity index (χ4v) is 1.64. The zero-order valence-corrected chi connectivity index (χ0v) is 8.45. The van der Waals surface area contributed by atoms with Crippen molar-refractivity contribution in [1.29, 1.82) is 0 Å². The van der Waals surface area contributed by atoms with E-state index in [0.29, 0.717) is 30.3 Å². The van der Waals surface area contributed by atoms with E-state index >= 15 is 0 Å². The lowest BCUT2D eigenvalue weighted by molar-refractivity contribution is -0.136. The summed E-state index contributed by atoms with van der Waals surface area (Å²) < 4.78 is 10.8. The molecule has 1 aliphatic heterocycles. The summed E-state index contributed by atoms with van der Waals surface area (Å²) in [7, 11) is 0. The van der Waals surface area contributed by atoms with Gasteiger partial charge in [-0.15, -0.1) is 0 Å². The first kappa shape index (κ1) is 9.83. The van der Waals surface area contributed by atoms with Crippen molar-refractivity contribution >= 4 is 5.97 Å². The minimum Gasteiger partial charge on any atom is -0.486 e. The number of hydrogen-bond donors (Lipinski definition) is 1. The summed E-state index contributed by atoms with van der Waals surface area (Å²) in [5, 5.41) is 8.80. The molecule has 0 spiro atoms. The van der Waals surface area contributed by atoms with Crippen molar-refractivity contribution in [3.05, 3.63) is 23.3 Å². The van der Waals surface area contributed by atoms with Crippen molar-refractivity contribution in [3.8, 4) is 11.5 Å². The molecule has 0 aliphatic carbocycles. The van der Waals surface area contributed by atoms with Gasteiger partial charge in [-0.3, -0.25) is 4.79 Å². The van der Waals surface area contributed by atoms with Crippen LogP contribution in [-0.4, -0.2) is 24.3 Å². The quantitative estimate of drug-likeness (QED) is 0.798. The number of aliphatic carboxylic acids is 1. The van der Waals surface area contributed by atoms with Gasteiger partial charge in [0.2, 0.25) is 0 Å². The number of rotatable bonds is 2. The van der Waals surface area contributed by atoms with Crippen LogP contribution in [0.25, 0.3) is 0 Å². The van der Waals surface area contributed by atoms with Gasteiger partial charge < -0.3 is 14.6 Å².